The first-order valence-corrected chi connectivity index (χ1v) is 7.09. The summed E-state index contributed by atoms with van der Waals surface area (Å²) >= 11 is 5.08. The van der Waals surface area contributed by atoms with Crippen LogP contribution in [0.15, 0.2) is 22.7 Å². The highest BCUT2D eigenvalue weighted by molar-refractivity contribution is 9.10. The summed E-state index contributed by atoms with van der Waals surface area (Å²) in [5.41, 5.74) is 9.42. The van der Waals surface area contributed by atoms with E-state index in [0.717, 1.165) is 10.2 Å². The lowest BCUT2D eigenvalue weighted by atomic mass is 9.94. The van der Waals surface area contributed by atoms with Crippen molar-refractivity contribution < 1.29 is 0 Å². The van der Waals surface area contributed by atoms with Crippen LogP contribution in [0.5, 0.6) is 0 Å². The molecule has 0 saturated heterocycles. The van der Waals surface area contributed by atoms with Gasteiger partial charge in [-0.1, -0.05) is 28.9 Å². The van der Waals surface area contributed by atoms with Crippen LogP contribution in [0.3, 0.4) is 0 Å². The van der Waals surface area contributed by atoms with Crippen LogP contribution in [0.4, 0.5) is 5.13 Å². The van der Waals surface area contributed by atoms with Crippen molar-refractivity contribution in [2.75, 3.05) is 5.73 Å². The number of hydrogen-bond donors (Lipinski definition) is 1. The molecule has 0 bridgehead atoms. The molecule has 4 heteroatoms. The van der Waals surface area contributed by atoms with E-state index in [1.165, 1.54) is 16.0 Å². The zero-order valence-electron chi connectivity index (χ0n) is 10.1. The number of nitrogens with zero attached hydrogens (tertiary/aromatic N) is 1. The van der Waals surface area contributed by atoms with Gasteiger partial charge >= 0.3 is 0 Å². The fraction of sp³-hybridized carbons (Fsp3) is 0.308. The van der Waals surface area contributed by atoms with Gasteiger partial charge in [0.15, 0.2) is 5.13 Å². The summed E-state index contributed by atoms with van der Waals surface area (Å²) in [6.07, 6.45) is 0. The first-order chi connectivity index (χ1) is 7.99. The van der Waals surface area contributed by atoms with Crippen LogP contribution in [0.1, 0.15) is 34.5 Å². The molecule has 1 unspecified atom stereocenters. The Morgan fingerprint density at radius 2 is 2.06 bits per heavy atom. The quantitative estimate of drug-likeness (QED) is 0.900. The van der Waals surface area contributed by atoms with Crippen LogP contribution in [-0.2, 0) is 0 Å². The fourth-order valence-electron chi connectivity index (χ4n) is 2.10. The zero-order chi connectivity index (χ0) is 12.6. The van der Waals surface area contributed by atoms with Gasteiger partial charge in [0.05, 0.1) is 5.69 Å². The van der Waals surface area contributed by atoms with Gasteiger partial charge in [0, 0.05) is 15.3 Å². The maximum atomic E-state index is 5.76. The third-order valence-corrected chi connectivity index (χ3v) is 4.60. The molecule has 1 heterocycles. The predicted molar refractivity (Wildman–Crippen MR) is 77.7 cm³/mol. The van der Waals surface area contributed by atoms with Crippen molar-refractivity contribution in [2.45, 2.75) is 26.7 Å². The molecule has 0 saturated carbocycles. The summed E-state index contributed by atoms with van der Waals surface area (Å²) < 4.78 is 1.12. The van der Waals surface area contributed by atoms with Gasteiger partial charge < -0.3 is 5.73 Å². The summed E-state index contributed by atoms with van der Waals surface area (Å²) in [7, 11) is 0. The number of hydrogen-bond acceptors (Lipinski definition) is 3. The van der Waals surface area contributed by atoms with Gasteiger partial charge in [-0.2, -0.15) is 0 Å². The first kappa shape index (κ1) is 12.6. The van der Waals surface area contributed by atoms with Crippen LogP contribution in [0.25, 0.3) is 0 Å². The van der Waals surface area contributed by atoms with E-state index >= 15 is 0 Å². The number of halogens is 1. The lowest BCUT2D eigenvalue weighted by Gasteiger charge is -2.14. The van der Waals surface area contributed by atoms with Crippen LogP contribution in [-0.4, -0.2) is 4.98 Å². The Kier molecular flexibility index (Phi) is 3.54. The molecule has 1 aromatic carbocycles. The Labute approximate surface area is 114 Å². The molecule has 17 heavy (non-hydrogen) atoms. The molecule has 0 fully saturated rings. The Hall–Kier alpha value is -0.870. The number of aromatic nitrogens is 1. The van der Waals surface area contributed by atoms with Crippen molar-refractivity contribution >= 4 is 32.4 Å². The largest absolute Gasteiger partial charge is 0.375 e. The van der Waals surface area contributed by atoms with Crippen LogP contribution < -0.4 is 5.73 Å². The standard InChI is InChI=1S/C13H15BrN2S/c1-7-6-10(14)4-5-11(7)8(2)12-9(3)16-13(15)17-12/h4-6,8H,1-3H3,(H2,15,16). The molecular weight excluding hydrogens is 296 g/mol. The molecule has 2 nitrogen and oxygen atoms in total. The van der Waals surface area contributed by atoms with Gasteiger partial charge in [-0.3, -0.25) is 0 Å². The highest BCUT2D eigenvalue weighted by Crippen LogP contribution is 2.34. The second kappa shape index (κ2) is 4.78. The van der Waals surface area contributed by atoms with Crippen molar-refractivity contribution in [3.05, 3.63) is 44.4 Å². The summed E-state index contributed by atoms with van der Waals surface area (Å²) in [4.78, 5) is 5.55. The molecule has 2 N–H and O–H groups in total. The molecule has 1 atom stereocenters. The van der Waals surface area contributed by atoms with Gasteiger partial charge in [0.2, 0.25) is 0 Å². The minimum atomic E-state index is 0.345. The number of benzene rings is 1. The normalized spacial score (nSPS) is 12.7. The molecule has 2 aromatic rings. The van der Waals surface area contributed by atoms with Gasteiger partial charge in [-0.15, -0.1) is 11.3 Å². The Balaban J connectivity index is 2.43. The van der Waals surface area contributed by atoms with E-state index in [2.05, 4.69) is 53.0 Å². The monoisotopic (exact) mass is 310 g/mol. The second-order valence-corrected chi connectivity index (χ2v) is 6.20. The maximum absolute atomic E-state index is 5.76. The number of aryl methyl sites for hydroxylation is 2. The average Bonchev–Trinajstić information content (AvgIpc) is 2.57. The molecule has 0 radical (unpaired) electrons. The van der Waals surface area contributed by atoms with Crippen LogP contribution >= 0.6 is 27.3 Å². The smallest absolute Gasteiger partial charge is 0.180 e. The Morgan fingerprint density at radius 1 is 1.35 bits per heavy atom. The fourth-order valence-corrected chi connectivity index (χ4v) is 3.48. The average molecular weight is 311 g/mol. The molecule has 0 aliphatic carbocycles. The summed E-state index contributed by atoms with van der Waals surface area (Å²) in [6, 6.07) is 6.39. The molecule has 90 valence electrons. The van der Waals surface area contributed by atoms with E-state index < -0.39 is 0 Å². The Bertz CT molecular complexity index is 548. The van der Waals surface area contributed by atoms with E-state index in [1.54, 1.807) is 11.3 Å². The van der Waals surface area contributed by atoms with Crippen LogP contribution in [0, 0.1) is 13.8 Å². The lowest BCUT2D eigenvalue weighted by Crippen LogP contribution is -1.98. The van der Waals surface area contributed by atoms with E-state index in [0.29, 0.717) is 11.0 Å². The number of thiazole rings is 1. The van der Waals surface area contributed by atoms with E-state index in [4.69, 9.17) is 5.73 Å². The highest BCUT2D eigenvalue weighted by atomic mass is 79.9. The number of rotatable bonds is 2. The molecule has 0 aliphatic heterocycles. The third kappa shape index (κ3) is 2.53. The summed E-state index contributed by atoms with van der Waals surface area (Å²) in [5, 5.41) is 0.652. The summed E-state index contributed by atoms with van der Waals surface area (Å²) in [5.74, 6) is 0.345. The van der Waals surface area contributed by atoms with Crippen molar-refractivity contribution in [2.24, 2.45) is 0 Å². The summed E-state index contributed by atoms with van der Waals surface area (Å²) in [6.45, 7) is 6.36. The van der Waals surface area contributed by atoms with Gasteiger partial charge in [0.1, 0.15) is 0 Å². The minimum Gasteiger partial charge on any atom is -0.375 e. The van der Waals surface area contributed by atoms with Crippen molar-refractivity contribution in [1.82, 2.24) is 4.98 Å². The SMILES string of the molecule is Cc1cc(Br)ccc1C(C)c1sc(N)nc1C. The Morgan fingerprint density at radius 3 is 2.59 bits per heavy atom. The molecule has 0 spiro atoms. The first-order valence-electron chi connectivity index (χ1n) is 5.48. The van der Waals surface area contributed by atoms with Crippen molar-refractivity contribution in [3.8, 4) is 0 Å². The molecular formula is C13H15BrN2S. The third-order valence-electron chi connectivity index (χ3n) is 2.94. The maximum Gasteiger partial charge on any atom is 0.180 e. The molecule has 2 rings (SSSR count). The number of nitrogen functional groups attached to an aromatic ring is 1. The topological polar surface area (TPSA) is 38.9 Å². The van der Waals surface area contributed by atoms with E-state index in [9.17, 15) is 0 Å². The molecule has 0 amide bonds. The second-order valence-electron chi connectivity index (χ2n) is 4.22. The van der Waals surface area contributed by atoms with Crippen LogP contribution in [0.2, 0.25) is 0 Å². The number of nitrogens with two attached hydrogens (primary N) is 1. The van der Waals surface area contributed by atoms with Crippen molar-refractivity contribution in [3.63, 3.8) is 0 Å². The van der Waals surface area contributed by atoms with E-state index in [1.807, 2.05) is 6.92 Å². The van der Waals surface area contributed by atoms with Gasteiger partial charge in [-0.25, -0.2) is 4.98 Å². The van der Waals surface area contributed by atoms with E-state index in [-0.39, 0.29) is 0 Å². The van der Waals surface area contributed by atoms with Gasteiger partial charge in [-0.05, 0) is 37.1 Å². The molecule has 0 aliphatic rings. The number of anilines is 1. The van der Waals surface area contributed by atoms with Gasteiger partial charge in [0.25, 0.3) is 0 Å². The zero-order valence-corrected chi connectivity index (χ0v) is 12.5. The molecule has 1 aromatic heterocycles. The minimum absolute atomic E-state index is 0.345. The highest BCUT2D eigenvalue weighted by Gasteiger charge is 2.16. The lowest BCUT2D eigenvalue weighted by molar-refractivity contribution is 0.914. The predicted octanol–water partition coefficient (Wildman–Crippen LogP) is 4.26. The van der Waals surface area contributed by atoms with Crippen molar-refractivity contribution in [1.29, 1.82) is 0 Å².